The van der Waals surface area contributed by atoms with Crippen LogP contribution in [0.3, 0.4) is 0 Å². The minimum absolute atomic E-state index is 0.000764. The summed E-state index contributed by atoms with van der Waals surface area (Å²) in [7, 11) is 0. The quantitative estimate of drug-likeness (QED) is 0.749. The molecule has 0 saturated carbocycles. The van der Waals surface area contributed by atoms with Gasteiger partial charge >= 0.3 is 5.97 Å². The van der Waals surface area contributed by atoms with Crippen LogP contribution in [0.5, 0.6) is 0 Å². The molecule has 0 saturated heterocycles. The lowest BCUT2D eigenvalue weighted by Crippen LogP contribution is -2.25. The van der Waals surface area contributed by atoms with Crippen LogP contribution in [0.4, 0.5) is 4.39 Å². The zero-order valence-electron chi connectivity index (χ0n) is 10.8. The third-order valence-electron chi connectivity index (χ3n) is 3.14. The Bertz CT molecular complexity index is 390. The molecule has 3 heteroatoms. The maximum atomic E-state index is 13.5. The van der Waals surface area contributed by atoms with Gasteiger partial charge in [0.05, 0.1) is 5.41 Å². The van der Waals surface area contributed by atoms with E-state index in [1.807, 2.05) is 20.8 Å². The minimum Gasteiger partial charge on any atom is -0.460 e. The van der Waals surface area contributed by atoms with Crippen LogP contribution < -0.4 is 0 Å². The van der Waals surface area contributed by atoms with E-state index in [0.717, 1.165) is 5.56 Å². The number of benzene rings is 1. The van der Waals surface area contributed by atoms with Crippen LogP contribution >= 0.6 is 0 Å². The van der Waals surface area contributed by atoms with Crippen LogP contribution in [0, 0.1) is 18.2 Å². The van der Waals surface area contributed by atoms with Crippen molar-refractivity contribution in [3.63, 3.8) is 0 Å². The van der Waals surface area contributed by atoms with Crippen molar-refractivity contribution < 1.29 is 13.9 Å². The number of aryl methyl sites for hydroxylation is 1. The van der Waals surface area contributed by atoms with E-state index in [0.29, 0.717) is 12.0 Å². The number of hydrogen-bond donors (Lipinski definition) is 0. The van der Waals surface area contributed by atoms with Crippen molar-refractivity contribution in [1.29, 1.82) is 0 Å². The standard InChI is InChI=1S/C14H19FO2/c1-5-14(3,4)13(16)17-9-11-10(2)7-6-8-12(11)15/h6-8H,5,9H2,1-4H3. The SMILES string of the molecule is CCC(C)(C)C(=O)OCc1c(C)cccc1F. The lowest BCUT2D eigenvalue weighted by molar-refractivity contribution is -0.155. The number of carbonyl (C=O) groups is 1. The third kappa shape index (κ3) is 3.29. The van der Waals surface area contributed by atoms with Gasteiger partial charge < -0.3 is 4.74 Å². The number of esters is 1. The Kier molecular flexibility index (Phi) is 4.27. The fourth-order valence-corrected chi connectivity index (χ4v) is 1.33. The van der Waals surface area contributed by atoms with Crippen molar-refractivity contribution in [3.8, 4) is 0 Å². The highest BCUT2D eigenvalue weighted by Crippen LogP contribution is 2.23. The van der Waals surface area contributed by atoms with E-state index in [4.69, 9.17) is 4.74 Å². The van der Waals surface area contributed by atoms with Crippen LogP contribution in [0.15, 0.2) is 18.2 Å². The number of rotatable bonds is 4. The van der Waals surface area contributed by atoms with Crippen molar-refractivity contribution in [1.82, 2.24) is 0 Å². The van der Waals surface area contributed by atoms with Crippen molar-refractivity contribution in [2.75, 3.05) is 0 Å². The van der Waals surface area contributed by atoms with Gasteiger partial charge in [0.1, 0.15) is 12.4 Å². The normalized spacial score (nSPS) is 11.4. The molecule has 0 fully saturated rings. The van der Waals surface area contributed by atoms with Crippen molar-refractivity contribution in [2.45, 2.75) is 40.7 Å². The average molecular weight is 238 g/mol. The number of carbonyl (C=O) groups excluding carboxylic acids is 1. The van der Waals surface area contributed by atoms with Gasteiger partial charge in [0, 0.05) is 5.56 Å². The van der Waals surface area contributed by atoms with Crippen molar-refractivity contribution in [3.05, 3.63) is 35.1 Å². The summed E-state index contributed by atoms with van der Waals surface area (Å²) in [6.45, 7) is 7.38. The van der Waals surface area contributed by atoms with E-state index in [-0.39, 0.29) is 18.4 Å². The Labute approximate surface area is 102 Å². The van der Waals surface area contributed by atoms with E-state index < -0.39 is 5.41 Å². The Balaban J connectivity index is 2.72. The van der Waals surface area contributed by atoms with Gasteiger partial charge in [-0.05, 0) is 38.8 Å². The van der Waals surface area contributed by atoms with E-state index in [1.54, 1.807) is 19.1 Å². The summed E-state index contributed by atoms with van der Waals surface area (Å²) in [4.78, 5) is 11.7. The first kappa shape index (κ1) is 13.7. The first-order chi connectivity index (χ1) is 7.88. The molecule has 0 atom stereocenters. The average Bonchev–Trinajstić information content (AvgIpc) is 2.28. The number of hydrogen-bond acceptors (Lipinski definition) is 2. The molecule has 1 rings (SSSR count). The van der Waals surface area contributed by atoms with Crippen LogP contribution in [0.1, 0.15) is 38.3 Å². The molecule has 94 valence electrons. The van der Waals surface area contributed by atoms with E-state index in [2.05, 4.69) is 0 Å². The summed E-state index contributed by atoms with van der Waals surface area (Å²) in [5.74, 6) is -0.616. The molecule has 0 aliphatic rings. The predicted octanol–water partition coefficient (Wildman–Crippen LogP) is 3.61. The Hall–Kier alpha value is -1.38. The lowest BCUT2D eigenvalue weighted by atomic mass is 9.91. The van der Waals surface area contributed by atoms with Crippen LogP contribution in [0.25, 0.3) is 0 Å². The highest BCUT2D eigenvalue weighted by atomic mass is 19.1. The van der Waals surface area contributed by atoms with Gasteiger partial charge in [0.15, 0.2) is 0 Å². The second kappa shape index (κ2) is 5.30. The topological polar surface area (TPSA) is 26.3 Å². The molecule has 0 aliphatic heterocycles. The van der Waals surface area contributed by atoms with Crippen LogP contribution in [-0.4, -0.2) is 5.97 Å². The summed E-state index contributed by atoms with van der Waals surface area (Å²) in [5, 5.41) is 0. The Morgan fingerprint density at radius 3 is 2.59 bits per heavy atom. The number of halogens is 1. The second-order valence-electron chi connectivity index (χ2n) is 4.85. The summed E-state index contributed by atoms with van der Waals surface area (Å²) in [6, 6.07) is 4.82. The van der Waals surface area contributed by atoms with Crippen molar-refractivity contribution in [2.24, 2.45) is 5.41 Å². The molecule has 0 unspecified atom stereocenters. The molecular weight excluding hydrogens is 219 g/mol. The largest absolute Gasteiger partial charge is 0.460 e. The highest BCUT2D eigenvalue weighted by molar-refractivity contribution is 5.75. The maximum Gasteiger partial charge on any atom is 0.311 e. The zero-order valence-corrected chi connectivity index (χ0v) is 10.8. The maximum absolute atomic E-state index is 13.5. The summed E-state index contributed by atoms with van der Waals surface area (Å²) >= 11 is 0. The molecule has 1 aromatic rings. The monoisotopic (exact) mass is 238 g/mol. The molecule has 0 aromatic heterocycles. The molecule has 0 bridgehead atoms. The molecule has 0 amide bonds. The fraction of sp³-hybridized carbons (Fsp3) is 0.500. The van der Waals surface area contributed by atoms with Crippen molar-refractivity contribution >= 4 is 5.97 Å². The Morgan fingerprint density at radius 1 is 1.41 bits per heavy atom. The van der Waals surface area contributed by atoms with Gasteiger partial charge in [-0.25, -0.2) is 4.39 Å². The van der Waals surface area contributed by atoms with E-state index >= 15 is 0 Å². The van der Waals surface area contributed by atoms with Gasteiger partial charge in [-0.1, -0.05) is 19.1 Å². The number of ether oxygens (including phenoxy) is 1. The summed E-state index contributed by atoms with van der Waals surface area (Å²) in [5.41, 5.74) is 0.735. The molecule has 1 aromatic carbocycles. The molecule has 0 spiro atoms. The second-order valence-corrected chi connectivity index (χ2v) is 4.85. The molecule has 0 N–H and O–H groups in total. The van der Waals surface area contributed by atoms with Gasteiger partial charge in [-0.2, -0.15) is 0 Å². The molecule has 2 nitrogen and oxygen atoms in total. The molecule has 0 radical (unpaired) electrons. The summed E-state index contributed by atoms with van der Waals surface area (Å²) in [6.07, 6.45) is 0.697. The first-order valence-electron chi connectivity index (χ1n) is 5.79. The molecule has 0 heterocycles. The van der Waals surface area contributed by atoms with Gasteiger partial charge in [0.25, 0.3) is 0 Å². The summed E-state index contributed by atoms with van der Waals surface area (Å²) < 4.78 is 18.7. The molecule has 0 aliphatic carbocycles. The third-order valence-corrected chi connectivity index (χ3v) is 3.14. The Morgan fingerprint density at radius 2 is 2.06 bits per heavy atom. The lowest BCUT2D eigenvalue weighted by Gasteiger charge is -2.20. The van der Waals surface area contributed by atoms with Crippen LogP contribution in [-0.2, 0) is 16.1 Å². The van der Waals surface area contributed by atoms with E-state index in [1.165, 1.54) is 6.07 Å². The van der Waals surface area contributed by atoms with Gasteiger partial charge in [0.2, 0.25) is 0 Å². The molecule has 17 heavy (non-hydrogen) atoms. The molecular formula is C14H19FO2. The first-order valence-corrected chi connectivity index (χ1v) is 5.79. The minimum atomic E-state index is -0.515. The predicted molar refractivity (Wildman–Crippen MR) is 65.0 cm³/mol. The zero-order chi connectivity index (χ0) is 13.1. The van der Waals surface area contributed by atoms with Gasteiger partial charge in [-0.3, -0.25) is 4.79 Å². The highest BCUT2D eigenvalue weighted by Gasteiger charge is 2.27. The van der Waals surface area contributed by atoms with Crippen LogP contribution in [0.2, 0.25) is 0 Å². The fourth-order valence-electron chi connectivity index (χ4n) is 1.33. The van der Waals surface area contributed by atoms with E-state index in [9.17, 15) is 9.18 Å². The van der Waals surface area contributed by atoms with Gasteiger partial charge in [-0.15, -0.1) is 0 Å². The smallest absolute Gasteiger partial charge is 0.311 e.